The first kappa shape index (κ1) is 17.7. The molecule has 2 heterocycles. The number of hydrogen-bond donors (Lipinski definition) is 0. The number of aromatic nitrogens is 1. The molecule has 0 N–H and O–H groups in total. The van der Waals surface area contributed by atoms with Crippen LogP contribution in [0.15, 0.2) is 18.3 Å². The van der Waals surface area contributed by atoms with Crippen molar-refractivity contribution >= 4 is 22.5 Å². The summed E-state index contributed by atoms with van der Waals surface area (Å²) in [6.45, 7) is 5.12. The molecule has 1 aromatic heterocycles. The molecule has 0 aliphatic carbocycles. The zero-order chi connectivity index (χ0) is 17.6. The number of morpholine rings is 1. The van der Waals surface area contributed by atoms with Crippen molar-refractivity contribution in [2.45, 2.75) is 6.42 Å². The monoisotopic (exact) mass is 361 g/mol. The maximum absolute atomic E-state index is 9.07. The molecule has 132 valence electrons. The number of ether oxygens (including phenoxy) is 3. The summed E-state index contributed by atoms with van der Waals surface area (Å²) in [5.74, 6) is 1.21. The van der Waals surface area contributed by atoms with Crippen molar-refractivity contribution in [1.29, 1.82) is 5.26 Å². The van der Waals surface area contributed by atoms with Gasteiger partial charge in [-0.25, -0.2) is 0 Å². The molecular weight excluding hydrogens is 342 g/mol. The quantitative estimate of drug-likeness (QED) is 0.737. The van der Waals surface area contributed by atoms with Crippen LogP contribution in [0.5, 0.6) is 11.5 Å². The smallest absolute Gasteiger partial charge is 0.163 e. The third-order valence-electron chi connectivity index (χ3n) is 4.19. The lowest BCUT2D eigenvalue weighted by atomic mass is 10.1. The van der Waals surface area contributed by atoms with E-state index in [1.165, 1.54) is 6.20 Å². The molecule has 1 saturated heterocycles. The Labute approximate surface area is 151 Å². The number of nitrogens with zero attached hydrogens (tertiary/aromatic N) is 3. The fourth-order valence-electron chi connectivity index (χ4n) is 2.81. The molecule has 0 unspecified atom stereocenters. The maximum Gasteiger partial charge on any atom is 0.163 e. The Balaban J connectivity index is 1.69. The van der Waals surface area contributed by atoms with Crippen LogP contribution in [0.2, 0.25) is 5.02 Å². The Bertz CT molecular complexity index is 785. The topological polar surface area (TPSA) is 67.6 Å². The summed E-state index contributed by atoms with van der Waals surface area (Å²) in [4.78, 5) is 6.66. The van der Waals surface area contributed by atoms with Crippen LogP contribution in [0.25, 0.3) is 10.9 Å². The second kappa shape index (κ2) is 8.34. The fourth-order valence-corrected chi connectivity index (χ4v) is 3.06. The fraction of sp³-hybridized carbons (Fsp3) is 0.444. The summed E-state index contributed by atoms with van der Waals surface area (Å²) in [7, 11) is 1.58. The van der Waals surface area contributed by atoms with Crippen molar-refractivity contribution in [2.24, 2.45) is 0 Å². The summed E-state index contributed by atoms with van der Waals surface area (Å²) in [5, 5.41) is 10.1. The van der Waals surface area contributed by atoms with Crippen LogP contribution in [0, 0.1) is 11.3 Å². The van der Waals surface area contributed by atoms with E-state index < -0.39 is 0 Å². The van der Waals surface area contributed by atoms with Gasteiger partial charge in [-0.15, -0.1) is 0 Å². The molecule has 2 aromatic rings. The number of halogens is 1. The van der Waals surface area contributed by atoms with Crippen LogP contribution in [0.3, 0.4) is 0 Å². The van der Waals surface area contributed by atoms with Gasteiger partial charge in [0, 0.05) is 37.3 Å². The third kappa shape index (κ3) is 4.13. The van der Waals surface area contributed by atoms with E-state index in [2.05, 4.69) is 9.88 Å². The summed E-state index contributed by atoms with van der Waals surface area (Å²) >= 11 is 6.26. The number of pyridine rings is 1. The summed E-state index contributed by atoms with van der Waals surface area (Å²) in [6, 6.07) is 5.60. The van der Waals surface area contributed by atoms with E-state index >= 15 is 0 Å². The zero-order valence-corrected chi connectivity index (χ0v) is 14.9. The molecule has 0 radical (unpaired) electrons. The largest absolute Gasteiger partial charge is 0.493 e. The van der Waals surface area contributed by atoms with Crippen LogP contribution in [0.1, 0.15) is 12.0 Å². The highest BCUT2D eigenvalue weighted by Crippen LogP contribution is 2.35. The van der Waals surface area contributed by atoms with Crippen molar-refractivity contribution in [1.82, 2.24) is 9.88 Å². The lowest BCUT2D eigenvalue weighted by molar-refractivity contribution is 0.0357. The zero-order valence-electron chi connectivity index (χ0n) is 14.1. The van der Waals surface area contributed by atoms with Crippen molar-refractivity contribution < 1.29 is 14.2 Å². The minimum atomic E-state index is 0.343. The Morgan fingerprint density at radius 3 is 2.84 bits per heavy atom. The normalized spacial score (nSPS) is 15.1. The minimum absolute atomic E-state index is 0.343. The third-order valence-corrected chi connectivity index (χ3v) is 4.60. The van der Waals surface area contributed by atoms with E-state index in [4.69, 9.17) is 31.1 Å². The molecule has 0 spiro atoms. The van der Waals surface area contributed by atoms with Crippen LogP contribution >= 0.6 is 11.6 Å². The Morgan fingerprint density at radius 1 is 1.32 bits per heavy atom. The second-order valence-electron chi connectivity index (χ2n) is 5.77. The summed E-state index contributed by atoms with van der Waals surface area (Å²) in [5.41, 5.74) is 1.02. The Kier molecular flexibility index (Phi) is 5.92. The summed E-state index contributed by atoms with van der Waals surface area (Å²) < 4.78 is 16.6. The van der Waals surface area contributed by atoms with Gasteiger partial charge in [0.05, 0.1) is 43.0 Å². The van der Waals surface area contributed by atoms with Crippen molar-refractivity contribution in [3.8, 4) is 17.6 Å². The lowest BCUT2D eigenvalue weighted by Gasteiger charge is -2.26. The lowest BCUT2D eigenvalue weighted by Crippen LogP contribution is -2.37. The first-order chi connectivity index (χ1) is 12.2. The van der Waals surface area contributed by atoms with Gasteiger partial charge in [0.25, 0.3) is 0 Å². The maximum atomic E-state index is 9.07. The van der Waals surface area contributed by atoms with Gasteiger partial charge in [-0.1, -0.05) is 11.6 Å². The van der Waals surface area contributed by atoms with Gasteiger partial charge >= 0.3 is 0 Å². The van der Waals surface area contributed by atoms with Crippen LogP contribution in [-0.4, -0.2) is 56.4 Å². The predicted octanol–water partition coefficient (Wildman–Crippen LogP) is 2.87. The molecule has 1 aromatic carbocycles. The molecule has 1 aliphatic heterocycles. The van der Waals surface area contributed by atoms with E-state index in [0.717, 1.165) is 39.3 Å². The van der Waals surface area contributed by atoms with Gasteiger partial charge in [-0.05, 0) is 12.5 Å². The molecule has 3 rings (SSSR count). The molecule has 0 bridgehead atoms. The molecule has 6 nitrogen and oxygen atoms in total. The summed E-state index contributed by atoms with van der Waals surface area (Å²) in [6.07, 6.45) is 2.39. The Hall–Kier alpha value is -2.07. The predicted molar refractivity (Wildman–Crippen MR) is 95.4 cm³/mol. The van der Waals surface area contributed by atoms with Crippen molar-refractivity contribution in [3.05, 3.63) is 28.9 Å². The first-order valence-electron chi connectivity index (χ1n) is 8.22. The van der Waals surface area contributed by atoms with E-state index in [-0.39, 0.29) is 0 Å². The van der Waals surface area contributed by atoms with Crippen LogP contribution in [-0.2, 0) is 4.74 Å². The standard InChI is InChI=1S/C18H20ClN3O3/c1-23-16-9-14-15(21-12-13(11-20)18(14)19)10-17(16)25-6-2-3-22-4-7-24-8-5-22/h9-10,12H,2-8H2,1H3. The van der Waals surface area contributed by atoms with E-state index in [1.54, 1.807) is 19.2 Å². The van der Waals surface area contributed by atoms with Gasteiger partial charge < -0.3 is 14.2 Å². The first-order valence-corrected chi connectivity index (χ1v) is 8.60. The number of hydrogen-bond acceptors (Lipinski definition) is 6. The number of benzene rings is 1. The molecule has 0 saturated carbocycles. The molecule has 1 aliphatic rings. The van der Waals surface area contributed by atoms with E-state index in [1.807, 2.05) is 6.07 Å². The van der Waals surface area contributed by atoms with Gasteiger partial charge in [-0.3, -0.25) is 9.88 Å². The molecule has 25 heavy (non-hydrogen) atoms. The highest BCUT2D eigenvalue weighted by molar-refractivity contribution is 6.36. The number of rotatable bonds is 6. The Morgan fingerprint density at radius 2 is 2.12 bits per heavy atom. The number of methoxy groups -OCH3 is 1. The average molecular weight is 362 g/mol. The van der Waals surface area contributed by atoms with Crippen molar-refractivity contribution in [2.75, 3.05) is 46.6 Å². The van der Waals surface area contributed by atoms with Gasteiger partial charge in [0.2, 0.25) is 0 Å². The van der Waals surface area contributed by atoms with Gasteiger partial charge in [0.1, 0.15) is 6.07 Å². The van der Waals surface area contributed by atoms with Crippen LogP contribution in [0.4, 0.5) is 0 Å². The van der Waals surface area contributed by atoms with Gasteiger partial charge in [0.15, 0.2) is 11.5 Å². The number of fused-ring (bicyclic) bond motifs is 1. The molecule has 0 atom stereocenters. The van der Waals surface area contributed by atoms with Crippen LogP contribution < -0.4 is 9.47 Å². The molecule has 0 amide bonds. The molecule has 1 fully saturated rings. The van der Waals surface area contributed by atoms with E-state index in [0.29, 0.717) is 39.6 Å². The minimum Gasteiger partial charge on any atom is -0.493 e. The number of nitriles is 1. The highest BCUT2D eigenvalue weighted by Gasteiger charge is 2.13. The highest BCUT2D eigenvalue weighted by atomic mass is 35.5. The van der Waals surface area contributed by atoms with E-state index in [9.17, 15) is 0 Å². The molecular formula is C18H20ClN3O3. The molecule has 7 heteroatoms. The van der Waals surface area contributed by atoms with Gasteiger partial charge in [-0.2, -0.15) is 5.26 Å². The average Bonchev–Trinajstić information content (AvgIpc) is 2.66. The SMILES string of the molecule is COc1cc2c(Cl)c(C#N)cnc2cc1OCCCN1CCOCC1. The van der Waals surface area contributed by atoms with Crippen molar-refractivity contribution in [3.63, 3.8) is 0 Å². The second-order valence-corrected chi connectivity index (χ2v) is 6.15.